The standard InChI is InChI=1S/C16H31NO5/c1-16(2,3)14-15(18)17-4-6-19-8-10-21-12-13-22-11-9-20-7-5-17/h4-14H2,1-3H3. The highest BCUT2D eigenvalue weighted by Gasteiger charge is 2.21. The molecule has 0 N–H and O–H groups in total. The van der Waals surface area contributed by atoms with E-state index in [0.29, 0.717) is 72.4 Å². The molecule has 130 valence electrons. The average Bonchev–Trinajstić information content (AvgIpc) is 2.43. The minimum atomic E-state index is -0.0164. The van der Waals surface area contributed by atoms with Crippen LogP contribution in [0, 0.1) is 5.41 Å². The van der Waals surface area contributed by atoms with E-state index >= 15 is 0 Å². The molecule has 6 heteroatoms. The Morgan fingerprint density at radius 3 is 1.50 bits per heavy atom. The molecule has 1 aliphatic rings. The Bertz CT molecular complexity index is 287. The lowest BCUT2D eigenvalue weighted by Gasteiger charge is -2.26. The van der Waals surface area contributed by atoms with Crippen molar-refractivity contribution < 1.29 is 23.7 Å². The van der Waals surface area contributed by atoms with Crippen LogP contribution in [0.1, 0.15) is 27.2 Å². The van der Waals surface area contributed by atoms with Gasteiger partial charge in [0.05, 0.1) is 52.9 Å². The highest BCUT2D eigenvalue weighted by Crippen LogP contribution is 2.19. The quantitative estimate of drug-likeness (QED) is 0.730. The summed E-state index contributed by atoms with van der Waals surface area (Å²) in [4.78, 5) is 14.2. The third kappa shape index (κ3) is 10.1. The van der Waals surface area contributed by atoms with Crippen LogP contribution in [0.3, 0.4) is 0 Å². The van der Waals surface area contributed by atoms with Crippen molar-refractivity contribution in [3.63, 3.8) is 0 Å². The van der Waals surface area contributed by atoms with Gasteiger partial charge in [0.2, 0.25) is 5.91 Å². The number of nitrogens with zero attached hydrogens (tertiary/aromatic N) is 1. The third-order valence-electron chi connectivity index (χ3n) is 3.16. The van der Waals surface area contributed by atoms with Gasteiger partial charge in [-0.25, -0.2) is 0 Å². The van der Waals surface area contributed by atoms with Gasteiger partial charge in [-0.1, -0.05) is 20.8 Å². The Labute approximate surface area is 134 Å². The molecule has 0 saturated carbocycles. The van der Waals surface area contributed by atoms with E-state index in [9.17, 15) is 4.79 Å². The summed E-state index contributed by atoms with van der Waals surface area (Å²) in [7, 11) is 0. The molecule has 1 amide bonds. The van der Waals surface area contributed by atoms with Crippen molar-refractivity contribution in [1.82, 2.24) is 4.90 Å². The SMILES string of the molecule is CC(C)(C)CC(=O)N1CCOCCOCCOCCOCC1. The van der Waals surface area contributed by atoms with Crippen molar-refractivity contribution in [2.75, 3.05) is 65.9 Å². The largest absolute Gasteiger partial charge is 0.377 e. The van der Waals surface area contributed by atoms with Crippen molar-refractivity contribution in [3.8, 4) is 0 Å². The lowest BCUT2D eigenvalue weighted by atomic mass is 9.91. The Morgan fingerprint density at radius 2 is 1.14 bits per heavy atom. The van der Waals surface area contributed by atoms with Crippen molar-refractivity contribution in [2.45, 2.75) is 27.2 Å². The smallest absolute Gasteiger partial charge is 0.223 e. The molecule has 1 heterocycles. The van der Waals surface area contributed by atoms with E-state index in [1.54, 1.807) is 0 Å². The van der Waals surface area contributed by atoms with Gasteiger partial charge in [-0.15, -0.1) is 0 Å². The van der Waals surface area contributed by atoms with Crippen molar-refractivity contribution in [3.05, 3.63) is 0 Å². The molecule has 0 aromatic rings. The predicted octanol–water partition coefficient (Wildman–Crippen LogP) is 1.33. The maximum Gasteiger partial charge on any atom is 0.223 e. The Balaban J connectivity index is 2.43. The van der Waals surface area contributed by atoms with E-state index < -0.39 is 0 Å². The summed E-state index contributed by atoms with van der Waals surface area (Å²) in [5.41, 5.74) is -0.0164. The topological polar surface area (TPSA) is 57.2 Å². The maximum absolute atomic E-state index is 12.4. The van der Waals surface area contributed by atoms with Crippen LogP contribution in [-0.4, -0.2) is 76.8 Å². The molecule has 0 aliphatic carbocycles. The van der Waals surface area contributed by atoms with Gasteiger partial charge in [0.1, 0.15) is 0 Å². The fourth-order valence-corrected chi connectivity index (χ4v) is 2.04. The Hall–Kier alpha value is -0.690. The highest BCUT2D eigenvalue weighted by molar-refractivity contribution is 5.76. The molecular weight excluding hydrogens is 286 g/mol. The summed E-state index contributed by atoms with van der Waals surface area (Å²) in [6.45, 7) is 11.8. The predicted molar refractivity (Wildman–Crippen MR) is 83.9 cm³/mol. The second-order valence-electron chi connectivity index (χ2n) is 6.57. The van der Waals surface area contributed by atoms with E-state index in [0.717, 1.165) is 0 Å². The first-order valence-corrected chi connectivity index (χ1v) is 8.08. The van der Waals surface area contributed by atoms with Gasteiger partial charge in [0, 0.05) is 19.5 Å². The first kappa shape index (κ1) is 19.4. The van der Waals surface area contributed by atoms with Crippen LogP contribution in [0.2, 0.25) is 0 Å². The molecule has 0 spiro atoms. The van der Waals surface area contributed by atoms with Gasteiger partial charge in [-0.2, -0.15) is 0 Å². The first-order chi connectivity index (χ1) is 10.5. The molecule has 0 radical (unpaired) electrons. The van der Waals surface area contributed by atoms with E-state index in [1.807, 2.05) is 4.90 Å². The van der Waals surface area contributed by atoms with E-state index in [2.05, 4.69) is 20.8 Å². The summed E-state index contributed by atoms with van der Waals surface area (Å²) < 4.78 is 21.8. The molecule has 22 heavy (non-hydrogen) atoms. The van der Waals surface area contributed by atoms with Gasteiger partial charge in [0.15, 0.2) is 0 Å². The first-order valence-electron chi connectivity index (χ1n) is 8.08. The minimum absolute atomic E-state index is 0.0164. The Morgan fingerprint density at radius 1 is 0.773 bits per heavy atom. The molecule has 0 bridgehead atoms. The van der Waals surface area contributed by atoms with Gasteiger partial charge in [-0.05, 0) is 5.41 Å². The fourth-order valence-electron chi connectivity index (χ4n) is 2.04. The zero-order valence-corrected chi connectivity index (χ0v) is 14.3. The number of rotatable bonds is 1. The summed E-state index contributed by atoms with van der Waals surface area (Å²) in [6.07, 6.45) is 0.527. The zero-order chi connectivity index (χ0) is 16.3. The molecule has 6 nitrogen and oxygen atoms in total. The third-order valence-corrected chi connectivity index (χ3v) is 3.16. The molecule has 0 unspecified atom stereocenters. The molecule has 1 saturated heterocycles. The number of carbonyl (C=O) groups excluding carboxylic acids is 1. The lowest BCUT2D eigenvalue weighted by Crippen LogP contribution is -2.38. The molecule has 1 aliphatic heterocycles. The van der Waals surface area contributed by atoms with Crippen LogP contribution in [0.4, 0.5) is 0 Å². The summed E-state index contributed by atoms with van der Waals surface area (Å²) in [5.74, 6) is 0.150. The van der Waals surface area contributed by atoms with Crippen LogP contribution in [-0.2, 0) is 23.7 Å². The average molecular weight is 317 g/mol. The number of amides is 1. The Kier molecular flexibility index (Phi) is 9.63. The van der Waals surface area contributed by atoms with E-state index in [-0.39, 0.29) is 11.3 Å². The van der Waals surface area contributed by atoms with Crippen LogP contribution in [0.5, 0.6) is 0 Å². The van der Waals surface area contributed by atoms with Gasteiger partial charge in [0.25, 0.3) is 0 Å². The molecule has 0 aromatic heterocycles. The van der Waals surface area contributed by atoms with Crippen LogP contribution in [0.15, 0.2) is 0 Å². The van der Waals surface area contributed by atoms with E-state index in [4.69, 9.17) is 18.9 Å². The van der Waals surface area contributed by atoms with Gasteiger partial charge >= 0.3 is 0 Å². The molecule has 0 aromatic carbocycles. The zero-order valence-electron chi connectivity index (χ0n) is 14.3. The number of ether oxygens (including phenoxy) is 4. The van der Waals surface area contributed by atoms with Crippen LogP contribution in [0.25, 0.3) is 0 Å². The van der Waals surface area contributed by atoms with Crippen molar-refractivity contribution >= 4 is 5.91 Å². The summed E-state index contributed by atoms with van der Waals surface area (Å²) >= 11 is 0. The van der Waals surface area contributed by atoms with E-state index in [1.165, 1.54) is 0 Å². The minimum Gasteiger partial charge on any atom is -0.377 e. The summed E-state index contributed by atoms with van der Waals surface area (Å²) in [6, 6.07) is 0. The maximum atomic E-state index is 12.4. The van der Waals surface area contributed by atoms with Crippen molar-refractivity contribution in [2.24, 2.45) is 5.41 Å². The lowest BCUT2D eigenvalue weighted by molar-refractivity contribution is -0.134. The number of hydrogen-bond acceptors (Lipinski definition) is 5. The number of hydrogen-bond donors (Lipinski definition) is 0. The monoisotopic (exact) mass is 317 g/mol. The molecule has 1 rings (SSSR count). The molecule has 0 atom stereocenters. The normalized spacial score (nSPS) is 21.0. The van der Waals surface area contributed by atoms with Crippen LogP contribution >= 0.6 is 0 Å². The number of carbonyl (C=O) groups is 1. The second-order valence-corrected chi connectivity index (χ2v) is 6.57. The second kappa shape index (κ2) is 10.9. The molecule has 1 fully saturated rings. The van der Waals surface area contributed by atoms with Gasteiger partial charge < -0.3 is 23.8 Å². The van der Waals surface area contributed by atoms with Gasteiger partial charge in [-0.3, -0.25) is 4.79 Å². The van der Waals surface area contributed by atoms with Crippen molar-refractivity contribution in [1.29, 1.82) is 0 Å². The summed E-state index contributed by atoms with van der Waals surface area (Å²) in [5, 5.41) is 0. The highest BCUT2D eigenvalue weighted by atomic mass is 16.6. The van der Waals surface area contributed by atoms with Crippen LogP contribution < -0.4 is 0 Å². The fraction of sp³-hybridized carbons (Fsp3) is 0.938. The molecular formula is C16H31NO5.